The normalized spacial score (nSPS) is 11.2. The van der Waals surface area contributed by atoms with Crippen LogP contribution < -0.4 is 5.56 Å². The predicted octanol–water partition coefficient (Wildman–Crippen LogP) is 4.14. The minimum atomic E-state index is -0.0153. The Labute approximate surface area is 146 Å². The summed E-state index contributed by atoms with van der Waals surface area (Å²) in [4.78, 5) is 17.5. The maximum absolute atomic E-state index is 12.9. The van der Waals surface area contributed by atoms with Crippen molar-refractivity contribution in [3.8, 4) is 0 Å². The second-order valence-corrected chi connectivity index (χ2v) is 7.18. The number of hydrogen-bond donors (Lipinski definition) is 0. The summed E-state index contributed by atoms with van der Waals surface area (Å²) < 4.78 is 8.13. The molecule has 0 fully saturated rings. The highest BCUT2D eigenvalue weighted by molar-refractivity contribution is 14.1. The van der Waals surface area contributed by atoms with Gasteiger partial charge in [0.15, 0.2) is 5.16 Å². The Balaban J connectivity index is 2.16. The van der Waals surface area contributed by atoms with Crippen molar-refractivity contribution < 1.29 is 4.42 Å². The molecular formula is C16H15IN2O2S. The lowest BCUT2D eigenvalue weighted by atomic mass is 10.2. The Kier molecular flexibility index (Phi) is 4.87. The van der Waals surface area contributed by atoms with Gasteiger partial charge in [-0.1, -0.05) is 18.7 Å². The molecule has 2 aromatic heterocycles. The Morgan fingerprint density at radius 1 is 1.36 bits per heavy atom. The predicted molar refractivity (Wildman–Crippen MR) is 97.5 cm³/mol. The molecule has 0 unspecified atom stereocenters. The second-order valence-electron chi connectivity index (χ2n) is 4.87. The van der Waals surface area contributed by atoms with E-state index in [0.717, 1.165) is 32.2 Å². The van der Waals surface area contributed by atoms with Crippen LogP contribution in [0.3, 0.4) is 0 Å². The number of rotatable bonds is 5. The molecule has 3 rings (SSSR count). The van der Waals surface area contributed by atoms with Gasteiger partial charge in [-0.05, 0) is 59.3 Å². The number of benzene rings is 1. The maximum atomic E-state index is 12.9. The van der Waals surface area contributed by atoms with E-state index < -0.39 is 0 Å². The van der Waals surface area contributed by atoms with Gasteiger partial charge in [0.25, 0.3) is 5.56 Å². The lowest BCUT2D eigenvalue weighted by molar-refractivity contribution is 0.476. The first kappa shape index (κ1) is 15.6. The summed E-state index contributed by atoms with van der Waals surface area (Å²) in [5.41, 5.74) is 0.734. The third-order valence-electron chi connectivity index (χ3n) is 3.21. The van der Waals surface area contributed by atoms with Crippen LogP contribution in [0.25, 0.3) is 10.9 Å². The number of aromatic nitrogens is 2. The minimum absolute atomic E-state index is 0.0153. The standard InChI is InChI=1S/C16H15IN2O2S/c1-2-8-22-16-18-14-6-5-11(17)9-13(14)15(20)19(16)10-12-4-3-7-21-12/h3-7,9H,2,8,10H2,1H3. The van der Waals surface area contributed by atoms with Gasteiger partial charge in [0.2, 0.25) is 0 Å². The molecule has 22 heavy (non-hydrogen) atoms. The highest BCUT2D eigenvalue weighted by Gasteiger charge is 2.13. The fourth-order valence-corrected chi connectivity index (χ4v) is 3.52. The van der Waals surface area contributed by atoms with Crippen molar-refractivity contribution in [2.24, 2.45) is 0 Å². The average Bonchev–Trinajstić information content (AvgIpc) is 3.02. The fraction of sp³-hybridized carbons (Fsp3) is 0.250. The van der Waals surface area contributed by atoms with Gasteiger partial charge in [-0.3, -0.25) is 9.36 Å². The van der Waals surface area contributed by atoms with Crippen LogP contribution in [0.15, 0.2) is 51.0 Å². The number of fused-ring (bicyclic) bond motifs is 1. The smallest absolute Gasteiger partial charge is 0.262 e. The zero-order valence-corrected chi connectivity index (χ0v) is 15.1. The summed E-state index contributed by atoms with van der Waals surface area (Å²) >= 11 is 3.82. The Hall–Kier alpha value is -1.28. The van der Waals surface area contributed by atoms with E-state index in [1.54, 1.807) is 22.6 Å². The van der Waals surface area contributed by atoms with Gasteiger partial charge in [0.1, 0.15) is 5.76 Å². The molecule has 0 aliphatic rings. The Bertz CT molecular complexity index is 843. The highest BCUT2D eigenvalue weighted by atomic mass is 127. The molecule has 0 amide bonds. The molecule has 0 N–H and O–H groups in total. The molecule has 0 aliphatic carbocycles. The van der Waals surface area contributed by atoms with Crippen LogP contribution >= 0.6 is 34.4 Å². The first-order valence-electron chi connectivity index (χ1n) is 7.04. The van der Waals surface area contributed by atoms with Crippen LogP contribution in [0, 0.1) is 3.57 Å². The molecule has 0 atom stereocenters. The molecule has 0 aliphatic heterocycles. The van der Waals surface area contributed by atoms with Gasteiger partial charge in [0, 0.05) is 9.32 Å². The summed E-state index contributed by atoms with van der Waals surface area (Å²) in [7, 11) is 0. The molecule has 0 saturated heterocycles. The fourth-order valence-electron chi connectivity index (χ4n) is 2.17. The van der Waals surface area contributed by atoms with Gasteiger partial charge in [-0.25, -0.2) is 4.98 Å². The molecule has 0 bridgehead atoms. The van der Waals surface area contributed by atoms with E-state index >= 15 is 0 Å². The zero-order chi connectivity index (χ0) is 15.5. The minimum Gasteiger partial charge on any atom is -0.467 e. The molecule has 2 heterocycles. The summed E-state index contributed by atoms with van der Waals surface area (Å²) in [6, 6.07) is 9.47. The van der Waals surface area contributed by atoms with Gasteiger partial charge in [-0.2, -0.15) is 0 Å². The molecule has 3 aromatic rings. The van der Waals surface area contributed by atoms with Crippen LogP contribution in [0.4, 0.5) is 0 Å². The molecule has 1 aromatic carbocycles. The molecule has 0 saturated carbocycles. The van der Waals surface area contributed by atoms with E-state index in [1.807, 2.05) is 30.3 Å². The van der Waals surface area contributed by atoms with Crippen molar-refractivity contribution in [3.63, 3.8) is 0 Å². The zero-order valence-electron chi connectivity index (χ0n) is 12.1. The molecule has 0 radical (unpaired) electrons. The number of furan rings is 1. The van der Waals surface area contributed by atoms with E-state index in [9.17, 15) is 4.79 Å². The van der Waals surface area contributed by atoms with Crippen molar-refractivity contribution in [3.05, 3.63) is 56.3 Å². The summed E-state index contributed by atoms with van der Waals surface area (Å²) in [6.45, 7) is 2.53. The van der Waals surface area contributed by atoms with Crippen LogP contribution in [0.1, 0.15) is 19.1 Å². The molecule has 0 spiro atoms. The van der Waals surface area contributed by atoms with Crippen molar-refractivity contribution >= 4 is 45.3 Å². The van der Waals surface area contributed by atoms with Crippen molar-refractivity contribution in [2.75, 3.05) is 5.75 Å². The third kappa shape index (κ3) is 3.22. The number of halogens is 1. The van der Waals surface area contributed by atoms with E-state index in [1.165, 1.54) is 0 Å². The Morgan fingerprint density at radius 3 is 2.95 bits per heavy atom. The highest BCUT2D eigenvalue weighted by Crippen LogP contribution is 2.20. The SMILES string of the molecule is CCCSc1nc2ccc(I)cc2c(=O)n1Cc1ccco1. The van der Waals surface area contributed by atoms with E-state index in [2.05, 4.69) is 34.5 Å². The van der Waals surface area contributed by atoms with Gasteiger partial charge in [0.05, 0.1) is 23.7 Å². The quantitative estimate of drug-likeness (QED) is 0.350. The summed E-state index contributed by atoms with van der Waals surface area (Å²) in [6.07, 6.45) is 2.66. The van der Waals surface area contributed by atoms with Crippen LogP contribution in [0.2, 0.25) is 0 Å². The average molecular weight is 426 g/mol. The first-order valence-corrected chi connectivity index (χ1v) is 9.10. The molecule has 114 valence electrons. The van der Waals surface area contributed by atoms with E-state index in [-0.39, 0.29) is 5.56 Å². The maximum Gasteiger partial charge on any atom is 0.262 e. The van der Waals surface area contributed by atoms with Gasteiger partial charge >= 0.3 is 0 Å². The largest absolute Gasteiger partial charge is 0.467 e. The first-order chi connectivity index (χ1) is 10.7. The molecular weight excluding hydrogens is 411 g/mol. The van der Waals surface area contributed by atoms with Crippen LogP contribution in [-0.2, 0) is 6.54 Å². The second kappa shape index (κ2) is 6.87. The molecule has 4 nitrogen and oxygen atoms in total. The van der Waals surface area contributed by atoms with E-state index in [4.69, 9.17) is 4.42 Å². The Morgan fingerprint density at radius 2 is 2.23 bits per heavy atom. The van der Waals surface area contributed by atoms with Crippen molar-refractivity contribution in [1.29, 1.82) is 0 Å². The van der Waals surface area contributed by atoms with Crippen molar-refractivity contribution in [2.45, 2.75) is 25.0 Å². The third-order valence-corrected chi connectivity index (χ3v) is 5.06. The summed E-state index contributed by atoms with van der Waals surface area (Å²) in [5, 5.41) is 1.40. The number of hydrogen-bond acceptors (Lipinski definition) is 4. The van der Waals surface area contributed by atoms with Crippen molar-refractivity contribution in [1.82, 2.24) is 9.55 Å². The lowest BCUT2D eigenvalue weighted by Gasteiger charge is -2.12. The topological polar surface area (TPSA) is 48.0 Å². The summed E-state index contributed by atoms with van der Waals surface area (Å²) in [5.74, 6) is 1.69. The number of nitrogens with zero attached hydrogens (tertiary/aromatic N) is 2. The van der Waals surface area contributed by atoms with Gasteiger partial charge < -0.3 is 4.42 Å². The van der Waals surface area contributed by atoms with Crippen LogP contribution in [-0.4, -0.2) is 15.3 Å². The number of thioether (sulfide) groups is 1. The van der Waals surface area contributed by atoms with E-state index in [0.29, 0.717) is 11.9 Å². The van der Waals surface area contributed by atoms with Gasteiger partial charge in [-0.15, -0.1) is 0 Å². The van der Waals surface area contributed by atoms with Crippen LogP contribution in [0.5, 0.6) is 0 Å². The lowest BCUT2D eigenvalue weighted by Crippen LogP contribution is -2.24. The monoisotopic (exact) mass is 426 g/mol. The molecule has 6 heteroatoms.